The maximum absolute atomic E-state index is 13.4. The van der Waals surface area contributed by atoms with Crippen LogP contribution in [0.3, 0.4) is 0 Å². The minimum Gasteiger partial charge on any atom is -0.349 e. The third-order valence-electron chi connectivity index (χ3n) is 5.77. The van der Waals surface area contributed by atoms with Gasteiger partial charge in [-0.15, -0.1) is 0 Å². The SMILES string of the molecule is O=C(NC1CCN(Cc2ccc(F)c(F)c2)CC1)c1ccc(NS(=O)(=O)c2ccccc2)cc1. The number of likely N-dealkylation sites (tertiary alicyclic amines) is 1. The molecule has 1 aliphatic rings. The smallest absolute Gasteiger partial charge is 0.261 e. The molecule has 34 heavy (non-hydrogen) atoms. The van der Waals surface area contributed by atoms with Crippen LogP contribution >= 0.6 is 0 Å². The van der Waals surface area contributed by atoms with Gasteiger partial charge in [0, 0.05) is 36.9 Å². The van der Waals surface area contributed by atoms with Crippen LogP contribution in [0.5, 0.6) is 0 Å². The van der Waals surface area contributed by atoms with Gasteiger partial charge in [-0.1, -0.05) is 24.3 Å². The number of piperidine rings is 1. The fourth-order valence-corrected chi connectivity index (χ4v) is 4.98. The third-order valence-corrected chi connectivity index (χ3v) is 7.16. The first-order chi connectivity index (χ1) is 16.3. The van der Waals surface area contributed by atoms with E-state index in [2.05, 4.69) is 14.9 Å². The normalized spacial score (nSPS) is 15.1. The number of hydrogen-bond acceptors (Lipinski definition) is 4. The molecule has 1 amide bonds. The van der Waals surface area contributed by atoms with E-state index < -0.39 is 21.7 Å². The molecule has 4 rings (SSSR count). The van der Waals surface area contributed by atoms with Crippen LogP contribution in [0.4, 0.5) is 14.5 Å². The van der Waals surface area contributed by atoms with Crippen molar-refractivity contribution in [1.29, 1.82) is 0 Å². The summed E-state index contributed by atoms with van der Waals surface area (Å²) in [6, 6.07) is 18.3. The highest BCUT2D eigenvalue weighted by atomic mass is 32.2. The Morgan fingerprint density at radius 3 is 2.24 bits per heavy atom. The second-order valence-corrected chi connectivity index (χ2v) is 9.95. The van der Waals surface area contributed by atoms with Crippen LogP contribution in [-0.4, -0.2) is 38.4 Å². The number of nitrogens with one attached hydrogen (secondary N) is 2. The predicted octanol–water partition coefficient (Wildman–Crippen LogP) is 4.16. The molecule has 1 saturated heterocycles. The van der Waals surface area contributed by atoms with Crippen molar-refractivity contribution in [2.75, 3.05) is 17.8 Å². The van der Waals surface area contributed by atoms with Crippen LogP contribution < -0.4 is 10.0 Å². The van der Waals surface area contributed by atoms with Crippen LogP contribution in [0.15, 0.2) is 77.7 Å². The van der Waals surface area contributed by atoms with E-state index in [9.17, 15) is 22.0 Å². The molecule has 0 bridgehead atoms. The predicted molar refractivity (Wildman–Crippen MR) is 126 cm³/mol. The van der Waals surface area contributed by atoms with E-state index in [-0.39, 0.29) is 16.8 Å². The van der Waals surface area contributed by atoms with E-state index in [0.29, 0.717) is 23.4 Å². The van der Waals surface area contributed by atoms with Crippen molar-refractivity contribution in [2.24, 2.45) is 0 Å². The highest BCUT2D eigenvalue weighted by Gasteiger charge is 2.22. The lowest BCUT2D eigenvalue weighted by Gasteiger charge is -2.32. The van der Waals surface area contributed by atoms with E-state index in [1.165, 1.54) is 18.2 Å². The van der Waals surface area contributed by atoms with Crippen molar-refractivity contribution >= 4 is 21.6 Å². The van der Waals surface area contributed by atoms with Gasteiger partial charge in [-0.2, -0.15) is 0 Å². The van der Waals surface area contributed by atoms with E-state index in [1.54, 1.807) is 48.5 Å². The van der Waals surface area contributed by atoms with Crippen LogP contribution in [0.1, 0.15) is 28.8 Å². The highest BCUT2D eigenvalue weighted by molar-refractivity contribution is 7.92. The minimum atomic E-state index is -3.70. The van der Waals surface area contributed by atoms with Gasteiger partial charge < -0.3 is 5.32 Å². The quantitative estimate of drug-likeness (QED) is 0.527. The summed E-state index contributed by atoms with van der Waals surface area (Å²) >= 11 is 0. The van der Waals surface area contributed by atoms with Crippen molar-refractivity contribution in [3.05, 3.63) is 95.6 Å². The number of nitrogens with zero attached hydrogens (tertiary/aromatic N) is 1. The number of rotatable bonds is 7. The lowest BCUT2D eigenvalue weighted by Crippen LogP contribution is -2.44. The molecule has 0 saturated carbocycles. The second kappa shape index (κ2) is 10.3. The maximum atomic E-state index is 13.4. The molecule has 0 aliphatic carbocycles. The Balaban J connectivity index is 1.27. The molecular weight excluding hydrogens is 460 g/mol. The zero-order valence-electron chi connectivity index (χ0n) is 18.4. The fraction of sp³-hybridized carbons (Fsp3) is 0.240. The Morgan fingerprint density at radius 2 is 1.59 bits per heavy atom. The molecule has 3 aromatic carbocycles. The van der Waals surface area contributed by atoms with E-state index in [0.717, 1.165) is 32.0 Å². The van der Waals surface area contributed by atoms with Gasteiger partial charge in [0.25, 0.3) is 15.9 Å². The number of carbonyl (C=O) groups excluding carboxylic acids is 1. The second-order valence-electron chi connectivity index (χ2n) is 8.27. The standard InChI is InChI=1S/C25H25F2N3O3S/c26-23-11-6-18(16-24(23)27)17-30-14-12-20(13-15-30)28-25(31)19-7-9-21(10-8-19)29-34(32,33)22-4-2-1-3-5-22/h1-11,16,20,29H,12-15,17H2,(H,28,31). The van der Waals surface area contributed by atoms with Gasteiger partial charge in [0.05, 0.1) is 4.90 Å². The highest BCUT2D eigenvalue weighted by Crippen LogP contribution is 2.18. The zero-order valence-corrected chi connectivity index (χ0v) is 19.2. The van der Waals surface area contributed by atoms with E-state index in [1.807, 2.05) is 0 Å². The molecule has 0 unspecified atom stereocenters. The van der Waals surface area contributed by atoms with Crippen LogP contribution in [-0.2, 0) is 16.6 Å². The van der Waals surface area contributed by atoms with E-state index >= 15 is 0 Å². The molecule has 9 heteroatoms. The summed E-state index contributed by atoms with van der Waals surface area (Å²) in [5.41, 5.74) is 1.52. The molecule has 0 atom stereocenters. The van der Waals surface area contributed by atoms with Gasteiger partial charge >= 0.3 is 0 Å². The molecule has 3 aromatic rings. The number of carbonyl (C=O) groups is 1. The first-order valence-corrected chi connectivity index (χ1v) is 12.4. The molecule has 2 N–H and O–H groups in total. The van der Waals surface area contributed by atoms with Gasteiger partial charge in [-0.25, -0.2) is 17.2 Å². The maximum Gasteiger partial charge on any atom is 0.261 e. The summed E-state index contributed by atoms with van der Waals surface area (Å²) in [5, 5.41) is 3.02. The molecule has 1 heterocycles. The third kappa shape index (κ3) is 5.98. The average molecular weight is 486 g/mol. The van der Waals surface area contributed by atoms with Crippen LogP contribution in [0.25, 0.3) is 0 Å². The van der Waals surface area contributed by atoms with Crippen molar-refractivity contribution in [3.8, 4) is 0 Å². The van der Waals surface area contributed by atoms with Gasteiger partial charge in [-0.3, -0.25) is 14.4 Å². The summed E-state index contributed by atoms with van der Waals surface area (Å²) in [6.07, 6.45) is 1.48. The Kier molecular flexibility index (Phi) is 7.23. The molecule has 178 valence electrons. The van der Waals surface area contributed by atoms with E-state index in [4.69, 9.17) is 0 Å². The summed E-state index contributed by atoms with van der Waals surface area (Å²) in [5.74, 6) is -1.93. The summed E-state index contributed by atoms with van der Waals surface area (Å²) in [6.45, 7) is 1.98. The van der Waals surface area contributed by atoms with Crippen molar-refractivity contribution in [3.63, 3.8) is 0 Å². The summed E-state index contributed by atoms with van der Waals surface area (Å²) < 4.78 is 53.9. The van der Waals surface area contributed by atoms with Crippen LogP contribution in [0, 0.1) is 11.6 Å². The first-order valence-electron chi connectivity index (χ1n) is 11.0. The Labute approximate surface area is 197 Å². The molecule has 0 spiro atoms. The van der Waals surface area contributed by atoms with Gasteiger partial charge in [0.15, 0.2) is 11.6 Å². The lowest BCUT2D eigenvalue weighted by molar-refractivity contribution is 0.0909. The number of halogens is 2. The average Bonchev–Trinajstić information content (AvgIpc) is 2.83. The van der Waals surface area contributed by atoms with Gasteiger partial charge in [0.2, 0.25) is 0 Å². The first kappa shape index (κ1) is 23.8. The molecule has 0 aromatic heterocycles. The zero-order chi connectivity index (χ0) is 24.1. The molecule has 6 nitrogen and oxygen atoms in total. The fourth-order valence-electron chi connectivity index (χ4n) is 3.90. The number of hydrogen-bond donors (Lipinski definition) is 2. The molecule has 1 fully saturated rings. The van der Waals surface area contributed by atoms with Crippen molar-refractivity contribution < 1.29 is 22.0 Å². The molecular formula is C25H25F2N3O3S. The summed E-state index contributed by atoms with van der Waals surface area (Å²) in [7, 11) is -3.70. The number of amides is 1. The number of benzene rings is 3. The molecule has 1 aliphatic heterocycles. The Hall–Kier alpha value is -3.30. The largest absolute Gasteiger partial charge is 0.349 e. The summed E-state index contributed by atoms with van der Waals surface area (Å²) in [4.78, 5) is 14.9. The monoisotopic (exact) mass is 485 g/mol. The van der Waals surface area contributed by atoms with Gasteiger partial charge in [0.1, 0.15) is 0 Å². The lowest BCUT2D eigenvalue weighted by atomic mass is 10.0. The van der Waals surface area contributed by atoms with Crippen molar-refractivity contribution in [1.82, 2.24) is 10.2 Å². The minimum absolute atomic E-state index is 0.00460. The topological polar surface area (TPSA) is 78.5 Å². The Bertz CT molecular complexity index is 1240. The number of sulfonamides is 1. The van der Waals surface area contributed by atoms with Gasteiger partial charge in [-0.05, 0) is 66.9 Å². The number of anilines is 1. The van der Waals surface area contributed by atoms with Crippen LogP contribution in [0.2, 0.25) is 0 Å². The Morgan fingerprint density at radius 1 is 0.912 bits per heavy atom. The van der Waals surface area contributed by atoms with Crippen molar-refractivity contribution in [2.45, 2.75) is 30.3 Å². The molecule has 0 radical (unpaired) electrons.